The van der Waals surface area contributed by atoms with Crippen molar-refractivity contribution >= 4 is 28.1 Å². The van der Waals surface area contributed by atoms with Crippen molar-refractivity contribution in [3.8, 4) is 0 Å². The number of para-hydroxylation sites is 3. The molecule has 0 fully saturated rings. The fourth-order valence-electron chi connectivity index (χ4n) is 3.59. The quantitative estimate of drug-likeness (QED) is 0.646. The molecule has 2 aromatic carbocycles. The van der Waals surface area contributed by atoms with Gasteiger partial charge in [-0.15, -0.1) is 0 Å². The van der Waals surface area contributed by atoms with Gasteiger partial charge in [-0.3, -0.25) is 5.41 Å². The van der Waals surface area contributed by atoms with Gasteiger partial charge in [0.25, 0.3) is 0 Å². The van der Waals surface area contributed by atoms with E-state index in [1.54, 1.807) is 0 Å². The Balaban J connectivity index is 1.65. The number of amidine groups is 1. The monoisotopic (exact) mass is 302 g/mol. The Kier molecular flexibility index (Phi) is 2.29. The molecule has 0 radical (unpaired) electrons. The van der Waals surface area contributed by atoms with Gasteiger partial charge < -0.3 is 15.0 Å². The first-order valence-electron chi connectivity index (χ1n) is 7.58. The standard InChI is InChI=1S/C18H14N4O/c19-17-15(18-20-11-6-2-3-7-12(11)21-18)16(23)14-9-10-5-1-4-8-13(10)22(14)17/h1-8,14,19,23H,9H2,(H,20,21). The van der Waals surface area contributed by atoms with Crippen LogP contribution in [0.3, 0.4) is 0 Å². The van der Waals surface area contributed by atoms with Crippen LogP contribution in [0, 0.1) is 5.41 Å². The molecule has 3 N–H and O–H groups in total. The highest BCUT2D eigenvalue weighted by Gasteiger charge is 2.44. The van der Waals surface area contributed by atoms with Crippen LogP contribution in [0.25, 0.3) is 16.6 Å². The summed E-state index contributed by atoms with van der Waals surface area (Å²) in [7, 11) is 0. The summed E-state index contributed by atoms with van der Waals surface area (Å²) < 4.78 is 0. The molecule has 0 bridgehead atoms. The van der Waals surface area contributed by atoms with Crippen LogP contribution in [0.2, 0.25) is 0 Å². The minimum atomic E-state index is -0.192. The van der Waals surface area contributed by atoms with Crippen molar-refractivity contribution in [2.24, 2.45) is 0 Å². The molecule has 5 heteroatoms. The average Bonchev–Trinajstić information content (AvgIpc) is 3.21. The molecule has 3 aromatic rings. The molecule has 0 saturated carbocycles. The minimum Gasteiger partial charge on any atom is -0.509 e. The number of anilines is 1. The molecule has 5 rings (SSSR count). The molecule has 1 aromatic heterocycles. The lowest BCUT2D eigenvalue weighted by atomic mass is 10.1. The fourth-order valence-corrected chi connectivity index (χ4v) is 3.59. The van der Waals surface area contributed by atoms with Crippen molar-refractivity contribution in [1.29, 1.82) is 5.41 Å². The molecule has 5 nitrogen and oxygen atoms in total. The molecule has 3 heterocycles. The summed E-state index contributed by atoms with van der Waals surface area (Å²) >= 11 is 0. The Morgan fingerprint density at radius 1 is 1.13 bits per heavy atom. The number of aliphatic hydroxyl groups excluding tert-OH is 1. The fraction of sp³-hybridized carbons (Fsp3) is 0.111. The third-order valence-electron chi connectivity index (χ3n) is 4.65. The summed E-state index contributed by atoms with van der Waals surface area (Å²) in [6, 6.07) is 15.5. The van der Waals surface area contributed by atoms with Gasteiger partial charge in [-0.2, -0.15) is 0 Å². The van der Waals surface area contributed by atoms with Gasteiger partial charge >= 0.3 is 0 Å². The molecule has 1 atom stereocenters. The Bertz CT molecular complexity index is 968. The van der Waals surface area contributed by atoms with Crippen LogP contribution >= 0.6 is 0 Å². The van der Waals surface area contributed by atoms with Gasteiger partial charge in [-0.05, 0) is 23.8 Å². The van der Waals surface area contributed by atoms with E-state index in [2.05, 4.69) is 16.0 Å². The summed E-state index contributed by atoms with van der Waals surface area (Å²) in [4.78, 5) is 9.65. The van der Waals surface area contributed by atoms with Gasteiger partial charge in [0.1, 0.15) is 17.4 Å². The lowest BCUT2D eigenvalue weighted by Crippen LogP contribution is -2.31. The van der Waals surface area contributed by atoms with E-state index in [-0.39, 0.29) is 11.8 Å². The number of fused-ring (bicyclic) bond motifs is 4. The van der Waals surface area contributed by atoms with Crippen molar-refractivity contribution in [3.63, 3.8) is 0 Å². The van der Waals surface area contributed by atoms with Gasteiger partial charge in [-0.25, -0.2) is 4.98 Å². The number of aromatic amines is 1. The molecule has 1 unspecified atom stereocenters. The topological polar surface area (TPSA) is 76.0 Å². The first-order chi connectivity index (χ1) is 11.2. The highest BCUT2D eigenvalue weighted by Crippen LogP contribution is 2.42. The molecule has 0 aliphatic carbocycles. The lowest BCUT2D eigenvalue weighted by Gasteiger charge is -2.19. The third-order valence-corrected chi connectivity index (χ3v) is 4.65. The van der Waals surface area contributed by atoms with Crippen LogP contribution in [0.15, 0.2) is 54.3 Å². The third kappa shape index (κ3) is 1.56. The van der Waals surface area contributed by atoms with Gasteiger partial charge in [0, 0.05) is 12.1 Å². The zero-order valence-corrected chi connectivity index (χ0v) is 12.2. The van der Waals surface area contributed by atoms with Crippen LogP contribution < -0.4 is 4.90 Å². The normalized spacial score (nSPS) is 19.6. The second-order valence-corrected chi connectivity index (χ2v) is 5.93. The SMILES string of the molecule is N=C1C(c2nc3ccccc3[nH]2)=C(O)C2Cc3ccccc3N12. The van der Waals surface area contributed by atoms with E-state index in [1.165, 1.54) is 0 Å². The number of rotatable bonds is 1. The second-order valence-electron chi connectivity index (χ2n) is 5.93. The molecular formula is C18H14N4O. The van der Waals surface area contributed by atoms with E-state index in [0.29, 0.717) is 23.7 Å². The van der Waals surface area contributed by atoms with Crippen molar-refractivity contribution in [1.82, 2.24) is 9.97 Å². The van der Waals surface area contributed by atoms with Crippen LogP contribution in [0.1, 0.15) is 11.4 Å². The summed E-state index contributed by atoms with van der Waals surface area (Å²) in [6.45, 7) is 0. The Morgan fingerprint density at radius 2 is 1.91 bits per heavy atom. The number of nitrogens with one attached hydrogen (secondary N) is 2. The molecule has 23 heavy (non-hydrogen) atoms. The van der Waals surface area contributed by atoms with E-state index in [9.17, 15) is 5.11 Å². The average molecular weight is 302 g/mol. The second kappa shape index (κ2) is 4.23. The van der Waals surface area contributed by atoms with Crippen molar-refractivity contribution in [3.05, 3.63) is 65.7 Å². The zero-order valence-electron chi connectivity index (χ0n) is 12.2. The Morgan fingerprint density at radius 3 is 2.78 bits per heavy atom. The van der Waals surface area contributed by atoms with Crippen LogP contribution in [-0.4, -0.2) is 27.0 Å². The Hall–Kier alpha value is -3.08. The first-order valence-corrected chi connectivity index (χ1v) is 7.58. The largest absolute Gasteiger partial charge is 0.509 e. The predicted octanol–water partition coefficient (Wildman–Crippen LogP) is 3.25. The number of benzene rings is 2. The maximum atomic E-state index is 10.7. The number of H-pyrrole nitrogens is 1. The minimum absolute atomic E-state index is 0.192. The highest BCUT2D eigenvalue weighted by molar-refractivity contribution is 6.31. The maximum absolute atomic E-state index is 10.7. The molecule has 2 aliphatic rings. The van der Waals surface area contributed by atoms with Crippen LogP contribution in [0.5, 0.6) is 0 Å². The molecule has 0 saturated heterocycles. The summed E-state index contributed by atoms with van der Waals surface area (Å²) in [5.74, 6) is 1.09. The number of aliphatic hydroxyl groups is 1. The first kappa shape index (κ1) is 12.5. The summed E-state index contributed by atoms with van der Waals surface area (Å²) in [5, 5.41) is 19.3. The smallest absolute Gasteiger partial charge is 0.145 e. The number of nitrogens with zero attached hydrogens (tertiary/aromatic N) is 2. The van der Waals surface area contributed by atoms with Crippen LogP contribution in [-0.2, 0) is 6.42 Å². The van der Waals surface area contributed by atoms with E-state index in [4.69, 9.17) is 5.41 Å². The van der Waals surface area contributed by atoms with Gasteiger partial charge in [0.05, 0.1) is 22.6 Å². The molecular weight excluding hydrogens is 288 g/mol. The molecule has 2 aliphatic heterocycles. The predicted molar refractivity (Wildman–Crippen MR) is 89.8 cm³/mol. The highest BCUT2D eigenvalue weighted by atomic mass is 16.3. The van der Waals surface area contributed by atoms with E-state index in [1.807, 2.05) is 47.4 Å². The maximum Gasteiger partial charge on any atom is 0.145 e. The van der Waals surface area contributed by atoms with E-state index < -0.39 is 0 Å². The number of aromatic nitrogens is 2. The van der Waals surface area contributed by atoms with E-state index >= 15 is 0 Å². The lowest BCUT2D eigenvalue weighted by molar-refractivity contribution is 0.379. The molecule has 112 valence electrons. The molecule has 0 spiro atoms. The van der Waals surface area contributed by atoms with Crippen molar-refractivity contribution in [2.45, 2.75) is 12.5 Å². The summed E-state index contributed by atoms with van der Waals surface area (Å²) in [5.41, 5.74) is 4.41. The van der Waals surface area contributed by atoms with Gasteiger partial charge in [0.2, 0.25) is 0 Å². The van der Waals surface area contributed by atoms with Crippen LogP contribution in [0.4, 0.5) is 5.69 Å². The van der Waals surface area contributed by atoms with Crippen molar-refractivity contribution in [2.75, 3.05) is 4.90 Å². The van der Waals surface area contributed by atoms with Gasteiger partial charge in [0.15, 0.2) is 0 Å². The van der Waals surface area contributed by atoms with E-state index in [0.717, 1.165) is 22.3 Å². The van der Waals surface area contributed by atoms with Crippen molar-refractivity contribution < 1.29 is 5.11 Å². The Labute approximate surface area is 132 Å². The number of hydrogen-bond acceptors (Lipinski definition) is 3. The summed E-state index contributed by atoms with van der Waals surface area (Å²) in [6.07, 6.45) is 0.716. The number of imidazole rings is 1. The number of hydrogen-bond donors (Lipinski definition) is 3. The molecule has 0 amide bonds. The zero-order chi connectivity index (χ0) is 15.6. The van der Waals surface area contributed by atoms with Gasteiger partial charge in [-0.1, -0.05) is 30.3 Å².